The maximum Gasteiger partial charge on any atom is 0.275 e. The zero-order chi connectivity index (χ0) is 12.5. The third-order valence-electron chi connectivity index (χ3n) is 3.30. The summed E-state index contributed by atoms with van der Waals surface area (Å²) in [7, 11) is 0. The van der Waals surface area contributed by atoms with Crippen molar-refractivity contribution in [3.05, 3.63) is 30.0 Å². The molecule has 1 N–H and O–H groups in total. The Kier molecular flexibility index (Phi) is 2.99. The highest BCUT2D eigenvalue weighted by Crippen LogP contribution is 2.21. The number of hydrogen-bond acceptors (Lipinski definition) is 3. The normalized spacial score (nSPS) is 20.3. The first-order valence-electron chi connectivity index (χ1n) is 6.09. The Morgan fingerprint density at radius 2 is 2.33 bits per heavy atom. The summed E-state index contributed by atoms with van der Waals surface area (Å²) in [6.07, 6.45) is 0. The van der Waals surface area contributed by atoms with Crippen LogP contribution in [0.5, 0.6) is 0 Å². The van der Waals surface area contributed by atoms with Crippen LogP contribution in [0.1, 0.15) is 17.4 Å². The van der Waals surface area contributed by atoms with Crippen molar-refractivity contribution in [2.45, 2.75) is 13.0 Å². The average molecular weight is 261 g/mol. The first-order valence-corrected chi connectivity index (χ1v) is 7.24. The van der Waals surface area contributed by atoms with Crippen molar-refractivity contribution in [2.75, 3.05) is 18.1 Å². The van der Waals surface area contributed by atoms with Crippen molar-refractivity contribution in [3.8, 4) is 0 Å². The summed E-state index contributed by atoms with van der Waals surface area (Å²) in [5.41, 5.74) is 1.46. The highest BCUT2D eigenvalue weighted by molar-refractivity contribution is 7.99. The molecule has 0 radical (unpaired) electrons. The molecular formula is C13H15N3OS. The van der Waals surface area contributed by atoms with Gasteiger partial charge in [-0.1, -0.05) is 18.2 Å². The molecule has 1 aromatic carbocycles. The lowest BCUT2D eigenvalue weighted by molar-refractivity contribution is 0.0712. The number of rotatable bonds is 1. The lowest BCUT2D eigenvalue weighted by atomic mass is 10.2. The molecule has 5 heteroatoms. The number of aromatic amines is 1. The van der Waals surface area contributed by atoms with Gasteiger partial charge in [-0.15, -0.1) is 0 Å². The van der Waals surface area contributed by atoms with E-state index in [1.54, 1.807) is 0 Å². The predicted molar refractivity (Wildman–Crippen MR) is 73.9 cm³/mol. The molecule has 4 nitrogen and oxygen atoms in total. The minimum Gasteiger partial charge on any atom is -0.333 e. The van der Waals surface area contributed by atoms with Crippen molar-refractivity contribution >= 4 is 28.6 Å². The number of carbonyl (C=O) groups excluding carboxylic acids is 1. The van der Waals surface area contributed by atoms with E-state index >= 15 is 0 Å². The molecule has 1 atom stereocenters. The van der Waals surface area contributed by atoms with Crippen molar-refractivity contribution in [1.82, 2.24) is 15.1 Å². The number of carbonyl (C=O) groups is 1. The van der Waals surface area contributed by atoms with Crippen LogP contribution in [0.4, 0.5) is 0 Å². The van der Waals surface area contributed by atoms with E-state index in [2.05, 4.69) is 17.1 Å². The summed E-state index contributed by atoms with van der Waals surface area (Å²) in [4.78, 5) is 14.4. The maximum atomic E-state index is 12.5. The van der Waals surface area contributed by atoms with Crippen LogP contribution in [-0.2, 0) is 0 Å². The zero-order valence-corrected chi connectivity index (χ0v) is 11.0. The fraction of sp³-hybridized carbons (Fsp3) is 0.385. The molecule has 0 spiro atoms. The molecule has 1 aliphatic rings. The second kappa shape index (κ2) is 4.65. The van der Waals surface area contributed by atoms with Gasteiger partial charge in [-0.3, -0.25) is 9.89 Å². The topological polar surface area (TPSA) is 49.0 Å². The number of amides is 1. The predicted octanol–water partition coefficient (Wildman–Crippen LogP) is 2.14. The number of para-hydroxylation sites is 1. The molecule has 2 aromatic rings. The van der Waals surface area contributed by atoms with Crippen LogP contribution in [-0.4, -0.2) is 45.1 Å². The van der Waals surface area contributed by atoms with Gasteiger partial charge in [0.2, 0.25) is 0 Å². The van der Waals surface area contributed by atoms with Crippen molar-refractivity contribution in [2.24, 2.45) is 0 Å². The van der Waals surface area contributed by atoms with Crippen LogP contribution >= 0.6 is 11.8 Å². The monoisotopic (exact) mass is 261 g/mol. The number of hydrogen-bond donors (Lipinski definition) is 1. The van der Waals surface area contributed by atoms with E-state index in [1.807, 2.05) is 40.9 Å². The molecule has 0 aliphatic carbocycles. The van der Waals surface area contributed by atoms with Crippen LogP contribution in [0.25, 0.3) is 10.9 Å². The lowest BCUT2D eigenvalue weighted by Crippen LogP contribution is -2.44. The Morgan fingerprint density at radius 1 is 1.50 bits per heavy atom. The number of H-pyrrole nitrogens is 1. The molecule has 0 saturated carbocycles. The molecule has 2 heterocycles. The molecule has 1 unspecified atom stereocenters. The van der Waals surface area contributed by atoms with Gasteiger partial charge in [-0.25, -0.2) is 0 Å². The number of benzene rings is 1. The van der Waals surface area contributed by atoms with Gasteiger partial charge in [0.1, 0.15) is 0 Å². The average Bonchev–Trinajstić information content (AvgIpc) is 2.82. The summed E-state index contributed by atoms with van der Waals surface area (Å²) in [5, 5.41) is 8.01. The minimum atomic E-state index is 0.0419. The summed E-state index contributed by atoms with van der Waals surface area (Å²) in [6.45, 7) is 2.91. The second-order valence-electron chi connectivity index (χ2n) is 4.54. The number of thioether (sulfide) groups is 1. The summed E-state index contributed by atoms with van der Waals surface area (Å²) in [5.74, 6) is 2.06. The quantitative estimate of drug-likeness (QED) is 0.855. The highest BCUT2D eigenvalue weighted by atomic mass is 32.2. The van der Waals surface area contributed by atoms with Crippen molar-refractivity contribution < 1.29 is 4.79 Å². The van der Waals surface area contributed by atoms with E-state index in [0.717, 1.165) is 29.0 Å². The van der Waals surface area contributed by atoms with Crippen molar-refractivity contribution in [3.63, 3.8) is 0 Å². The molecular weight excluding hydrogens is 246 g/mol. The molecule has 1 aromatic heterocycles. The molecule has 1 saturated heterocycles. The van der Waals surface area contributed by atoms with Crippen LogP contribution in [0, 0.1) is 0 Å². The molecule has 1 amide bonds. The van der Waals surface area contributed by atoms with Crippen LogP contribution in [0.15, 0.2) is 24.3 Å². The van der Waals surface area contributed by atoms with Crippen LogP contribution < -0.4 is 0 Å². The molecule has 0 bridgehead atoms. The highest BCUT2D eigenvalue weighted by Gasteiger charge is 2.27. The molecule has 18 heavy (non-hydrogen) atoms. The Bertz CT molecular complexity index is 580. The van der Waals surface area contributed by atoms with Gasteiger partial charge in [-0.05, 0) is 13.0 Å². The third-order valence-corrected chi connectivity index (χ3v) is 4.49. The van der Waals surface area contributed by atoms with Gasteiger partial charge in [0.25, 0.3) is 5.91 Å². The maximum absolute atomic E-state index is 12.5. The smallest absolute Gasteiger partial charge is 0.275 e. The van der Waals surface area contributed by atoms with Gasteiger partial charge in [0.05, 0.1) is 5.52 Å². The first-order chi connectivity index (χ1) is 8.77. The summed E-state index contributed by atoms with van der Waals surface area (Å²) >= 11 is 1.90. The minimum absolute atomic E-state index is 0.0419. The van der Waals surface area contributed by atoms with Gasteiger partial charge < -0.3 is 4.90 Å². The fourth-order valence-corrected chi connectivity index (χ4v) is 3.30. The van der Waals surface area contributed by atoms with E-state index in [9.17, 15) is 4.79 Å². The second-order valence-corrected chi connectivity index (χ2v) is 5.69. The van der Waals surface area contributed by atoms with E-state index < -0.39 is 0 Å². The SMILES string of the molecule is CC1CSCCN1C(=O)c1n[nH]c2ccccc12. The molecule has 3 rings (SSSR count). The van der Waals surface area contributed by atoms with Gasteiger partial charge in [0.15, 0.2) is 5.69 Å². The third kappa shape index (κ3) is 1.88. The van der Waals surface area contributed by atoms with Gasteiger partial charge in [0, 0.05) is 29.5 Å². The largest absolute Gasteiger partial charge is 0.333 e. The van der Waals surface area contributed by atoms with E-state index in [0.29, 0.717) is 5.69 Å². The lowest BCUT2D eigenvalue weighted by Gasteiger charge is -2.32. The standard InChI is InChI=1S/C13H15N3OS/c1-9-8-18-7-6-16(9)13(17)12-10-4-2-3-5-11(10)14-15-12/h2-5,9H,6-8H2,1H3,(H,14,15). The Balaban J connectivity index is 1.96. The number of nitrogens with zero attached hydrogens (tertiary/aromatic N) is 2. The van der Waals surface area contributed by atoms with Gasteiger partial charge >= 0.3 is 0 Å². The van der Waals surface area contributed by atoms with E-state index in [-0.39, 0.29) is 11.9 Å². The van der Waals surface area contributed by atoms with E-state index in [4.69, 9.17) is 0 Å². The van der Waals surface area contributed by atoms with Gasteiger partial charge in [-0.2, -0.15) is 16.9 Å². The fourth-order valence-electron chi connectivity index (χ4n) is 2.29. The van der Waals surface area contributed by atoms with Crippen LogP contribution in [0.3, 0.4) is 0 Å². The number of aromatic nitrogens is 2. The Morgan fingerprint density at radius 3 is 3.17 bits per heavy atom. The van der Waals surface area contributed by atoms with Crippen molar-refractivity contribution in [1.29, 1.82) is 0 Å². The number of fused-ring (bicyclic) bond motifs is 1. The molecule has 1 fully saturated rings. The van der Waals surface area contributed by atoms with E-state index in [1.165, 1.54) is 0 Å². The summed E-state index contributed by atoms with van der Waals surface area (Å²) in [6, 6.07) is 8.04. The Labute approximate surface area is 110 Å². The van der Waals surface area contributed by atoms with Crippen LogP contribution in [0.2, 0.25) is 0 Å². The molecule has 1 aliphatic heterocycles. The number of nitrogens with one attached hydrogen (secondary N) is 1. The first kappa shape index (κ1) is 11.6. The molecule has 94 valence electrons. The Hall–Kier alpha value is -1.49. The summed E-state index contributed by atoms with van der Waals surface area (Å²) < 4.78 is 0. The zero-order valence-electron chi connectivity index (χ0n) is 10.2.